The maximum Gasteiger partial charge on any atom is 0.253 e. The van der Waals surface area contributed by atoms with Crippen molar-refractivity contribution in [2.75, 3.05) is 33.0 Å². The molecule has 21 heavy (non-hydrogen) atoms. The molecule has 1 aromatic rings. The van der Waals surface area contributed by atoms with Gasteiger partial charge in [0.1, 0.15) is 0 Å². The van der Waals surface area contributed by atoms with Gasteiger partial charge in [-0.1, -0.05) is 0 Å². The zero-order chi connectivity index (χ0) is 14.7. The van der Waals surface area contributed by atoms with Crippen LogP contribution in [0.15, 0.2) is 18.2 Å². The van der Waals surface area contributed by atoms with E-state index in [9.17, 15) is 4.79 Å². The van der Waals surface area contributed by atoms with E-state index < -0.39 is 0 Å². The van der Waals surface area contributed by atoms with Gasteiger partial charge in [-0.3, -0.25) is 4.79 Å². The number of rotatable bonds is 4. The Morgan fingerprint density at radius 3 is 2.81 bits per heavy atom. The molecule has 6 nitrogen and oxygen atoms in total. The molecule has 1 saturated heterocycles. The molecule has 114 valence electrons. The minimum atomic E-state index is 0.0329. The first-order valence-electron chi connectivity index (χ1n) is 7.28. The van der Waals surface area contributed by atoms with Crippen molar-refractivity contribution in [3.05, 3.63) is 23.8 Å². The SMILES string of the molecule is NCCOC1CCN(C(=O)c2ccc3c(c2)OCO3)CC1. The van der Waals surface area contributed by atoms with Crippen LogP contribution in [0.4, 0.5) is 0 Å². The van der Waals surface area contributed by atoms with Crippen LogP contribution in [0.5, 0.6) is 11.5 Å². The third-order valence-electron chi connectivity index (χ3n) is 3.82. The van der Waals surface area contributed by atoms with Crippen LogP contribution in [-0.2, 0) is 4.74 Å². The number of piperidine rings is 1. The zero-order valence-corrected chi connectivity index (χ0v) is 11.9. The van der Waals surface area contributed by atoms with E-state index in [1.807, 2.05) is 4.90 Å². The van der Waals surface area contributed by atoms with Gasteiger partial charge in [0.25, 0.3) is 5.91 Å². The number of benzene rings is 1. The van der Waals surface area contributed by atoms with Crippen LogP contribution in [-0.4, -0.2) is 49.9 Å². The van der Waals surface area contributed by atoms with Gasteiger partial charge in [0.15, 0.2) is 11.5 Å². The van der Waals surface area contributed by atoms with E-state index in [2.05, 4.69) is 0 Å². The largest absolute Gasteiger partial charge is 0.454 e. The predicted octanol–water partition coefficient (Wildman–Crippen LogP) is 0.995. The van der Waals surface area contributed by atoms with E-state index in [0.29, 0.717) is 43.3 Å². The van der Waals surface area contributed by atoms with Crippen molar-refractivity contribution in [1.82, 2.24) is 4.90 Å². The summed E-state index contributed by atoms with van der Waals surface area (Å²) in [6.07, 6.45) is 1.93. The number of ether oxygens (including phenoxy) is 3. The van der Waals surface area contributed by atoms with Gasteiger partial charge in [0, 0.05) is 25.2 Å². The number of carbonyl (C=O) groups is 1. The Bertz CT molecular complexity index is 512. The lowest BCUT2D eigenvalue weighted by atomic mass is 10.1. The topological polar surface area (TPSA) is 74.0 Å². The lowest BCUT2D eigenvalue weighted by Crippen LogP contribution is -2.41. The molecule has 0 radical (unpaired) electrons. The van der Waals surface area contributed by atoms with Crippen LogP contribution in [0.25, 0.3) is 0 Å². The molecule has 0 bridgehead atoms. The lowest BCUT2D eigenvalue weighted by molar-refractivity contribution is 0.0121. The molecule has 0 atom stereocenters. The number of fused-ring (bicyclic) bond motifs is 1. The number of likely N-dealkylation sites (tertiary alicyclic amines) is 1. The van der Waals surface area contributed by atoms with Crippen LogP contribution >= 0.6 is 0 Å². The van der Waals surface area contributed by atoms with Crippen molar-refractivity contribution in [3.8, 4) is 11.5 Å². The van der Waals surface area contributed by atoms with Crippen molar-refractivity contribution in [2.45, 2.75) is 18.9 Å². The van der Waals surface area contributed by atoms with Gasteiger partial charge in [0.05, 0.1) is 12.7 Å². The summed E-state index contributed by atoms with van der Waals surface area (Å²) in [6.45, 7) is 2.76. The number of nitrogens with zero attached hydrogens (tertiary/aromatic N) is 1. The quantitative estimate of drug-likeness (QED) is 0.896. The highest BCUT2D eigenvalue weighted by molar-refractivity contribution is 5.95. The van der Waals surface area contributed by atoms with Gasteiger partial charge < -0.3 is 24.8 Å². The van der Waals surface area contributed by atoms with E-state index in [1.165, 1.54) is 0 Å². The number of carbonyl (C=O) groups excluding carboxylic acids is 1. The second-order valence-corrected chi connectivity index (χ2v) is 5.22. The van der Waals surface area contributed by atoms with E-state index in [0.717, 1.165) is 12.8 Å². The number of hydrogen-bond donors (Lipinski definition) is 1. The second-order valence-electron chi connectivity index (χ2n) is 5.22. The highest BCUT2D eigenvalue weighted by Crippen LogP contribution is 2.33. The number of hydrogen-bond acceptors (Lipinski definition) is 5. The molecule has 2 aliphatic rings. The fraction of sp³-hybridized carbons (Fsp3) is 0.533. The van der Waals surface area contributed by atoms with Crippen molar-refractivity contribution in [2.24, 2.45) is 5.73 Å². The predicted molar refractivity (Wildman–Crippen MR) is 76.5 cm³/mol. The molecular formula is C15H20N2O4. The summed E-state index contributed by atoms with van der Waals surface area (Å²) in [5.41, 5.74) is 6.07. The molecule has 0 unspecified atom stereocenters. The summed E-state index contributed by atoms with van der Waals surface area (Å²) in [5, 5.41) is 0. The van der Waals surface area contributed by atoms with Crippen molar-refractivity contribution >= 4 is 5.91 Å². The van der Waals surface area contributed by atoms with E-state index >= 15 is 0 Å². The fourth-order valence-corrected chi connectivity index (χ4v) is 2.67. The molecule has 1 fully saturated rings. The Balaban J connectivity index is 1.59. The first-order chi connectivity index (χ1) is 10.3. The van der Waals surface area contributed by atoms with E-state index in [1.54, 1.807) is 18.2 Å². The van der Waals surface area contributed by atoms with Gasteiger partial charge in [-0.15, -0.1) is 0 Å². The molecule has 1 aromatic carbocycles. The summed E-state index contributed by atoms with van der Waals surface area (Å²) < 4.78 is 16.2. The molecule has 2 heterocycles. The molecule has 0 aromatic heterocycles. The first-order valence-corrected chi connectivity index (χ1v) is 7.28. The molecular weight excluding hydrogens is 272 g/mol. The average molecular weight is 292 g/mol. The standard InChI is InChI=1S/C15H20N2O4/c16-5-8-19-12-3-6-17(7-4-12)15(18)11-1-2-13-14(9-11)21-10-20-13/h1-2,9,12H,3-8,10,16H2. The third-order valence-corrected chi connectivity index (χ3v) is 3.82. The van der Waals surface area contributed by atoms with E-state index in [4.69, 9.17) is 19.9 Å². The van der Waals surface area contributed by atoms with Crippen LogP contribution in [0.3, 0.4) is 0 Å². The second kappa shape index (κ2) is 6.32. The van der Waals surface area contributed by atoms with Crippen molar-refractivity contribution in [3.63, 3.8) is 0 Å². The first kappa shape index (κ1) is 14.2. The third kappa shape index (κ3) is 3.11. The summed E-state index contributed by atoms with van der Waals surface area (Å²) in [6, 6.07) is 5.32. The molecule has 0 spiro atoms. The maximum absolute atomic E-state index is 12.5. The Labute approximate surface area is 123 Å². The monoisotopic (exact) mass is 292 g/mol. The highest BCUT2D eigenvalue weighted by atomic mass is 16.7. The van der Waals surface area contributed by atoms with Crippen molar-refractivity contribution in [1.29, 1.82) is 0 Å². The Kier molecular flexibility index (Phi) is 4.26. The minimum absolute atomic E-state index is 0.0329. The maximum atomic E-state index is 12.5. The zero-order valence-electron chi connectivity index (χ0n) is 11.9. The average Bonchev–Trinajstić information content (AvgIpc) is 3.00. The normalized spacial score (nSPS) is 18.0. The highest BCUT2D eigenvalue weighted by Gasteiger charge is 2.25. The summed E-state index contributed by atoms with van der Waals surface area (Å²) >= 11 is 0. The number of nitrogens with two attached hydrogens (primary N) is 1. The van der Waals surface area contributed by atoms with E-state index in [-0.39, 0.29) is 18.8 Å². The number of amides is 1. The Hall–Kier alpha value is -1.79. The van der Waals surface area contributed by atoms with Gasteiger partial charge in [-0.05, 0) is 31.0 Å². The molecule has 2 N–H and O–H groups in total. The Morgan fingerprint density at radius 2 is 2.05 bits per heavy atom. The van der Waals surface area contributed by atoms with Crippen LogP contribution in [0.2, 0.25) is 0 Å². The van der Waals surface area contributed by atoms with Gasteiger partial charge in [-0.2, -0.15) is 0 Å². The summed E-state index contributed by atoms with van der Waals surface area (Å²) in [4.78, 5) is 14.3. The smallest absolute Gasteiger partial charge is 0.253 e. The molecule has 6 heteroatoms. The molecule has 1 amide bonds. The molecule has 2 aliphatic heterocycles. The van der Waals surface area contributed by atoms with Gasteiger partial charge >= 0.3 is 0 Å². The van der Waals surface area contributed by atoms with Gasteiger partial charge in [-0.25, -0.2) is 0 Å². The van der Waals surface area contributed by atoms with Crippen molar-refractivity contribution < 1.29 is 19.0 Å². The summed E-state index contributed by atoms with van der Waals surface area (Å²) in [5.74, 6) is 1.37. The molecule has 0 aliphatic carbocycles. The van der Waals surface area contributed by atoms with Crippen LogP contribution in [0, 0.1) is 0 Å². The van der Waals surface area contributed by atoms with Crippen LogP contribution < -0.4 is 15.2 Å². The van der Waals surface area contributed by atoms with Crippen LogP contribution in [0.1, 0.15) is 23.2 Å². The minimum Gasteiger partial charge on any atom is -0.454 e. The van der Waals surface area contributed by atoms with Gasteiger partial charge in [0.2, 0.25) is 6.79 Å². The lowest BCUT2D eigenvalue weighted by Gasteiger charge is -2.32. The molecule has 3 rings (SSSR count). The molecule has 0 saturated carbocycles. The fourth-order valence-electron chi connectivity index (χ4n) is 2.67. The Morgan fingerprint density at radius 1 is 1.29 bits per heavy atom. The summed E-state index contributed by atoms with van der Waals surface area (Å²) in [7, 11) is 0.